The molecule has 1 aliphatic carbocycles. The highest BCUT2D eigenvalue weighted by atomic mass is 16.2. The number of hydrogen-bond donors (Lipinski definition) is 2. The van der Waals surface area contributed by atoms with E-state index in [0.717, 1.165) is 24.1 Å². The number of amides is 1. The molecule has 4 rings (SSSR count). The van der Waals surface area contributed by atoms with Gasteiger partial charge >= 0.3 is 5.69 Å². The number of nitrogens with one attached hydrogen (secondary N) is 2. The van der Waals surface area contributed by atoms with E-state index in [1.807, 2.05) is 0 Å². The van der Waals surface area contributed by atoms with Gasteiger partial charge in [0, 0.05) is 47.7 Å². The minimum atomic E-state index is -0.497. The zero-order chi connectivity index (χ0) is 22.5. The van der Waals surface area contributed by atoms with E-state index >= 15 is 0 Å². The first-order valence-corrected chi connectivity index (χ1v) is 10.5. The van der Waals surface area contributed by atoms with Crippen LogP contribution >= 0.6 is 0 Å². The lowest BCUT2D eigenvalue weighted by Gasteiger charge is -2.19. The summed E-state index contributed by atoms with van der Waals surface area (Å²) in [5, 5.41) is 2.61. The molecule has 9 nitrogen and oxygen atoms in total. The van der Waals surface area contributed by atoms with Crippen molar-refractivity contribution in [2.24, 2.45) is 0 Å². The van der Waals surface area contributed by atoms with Gasteiger partial charge in [-0.3, -0.25) is 33.9 Å². The number of rotatable bonds is 7. The van der Waals surface area contributed by atoms with E-state index in [9.17, 15) is 19.2 Å². The maximum Gasteiger partial charge on any atom is 0.328 e. The van der Waals surface area contributed by atoms with E-state index < -0.39 is 5.69 Å². The van der Waals surface area contributed by atoms with Crippen LogP contribution in [0.25, 0.3) is 11.3 Å². The Morgan fingerprint density at radius 3 is 2.59 bits per heavy atom. The molecule has 2 N–H and O–H groups in total. The fraction of sp³-hybridized carbons (Fsp3) is 0.304. The fourth-order valence-electron chi connectivity index (χ4n) is 3.89. The van der Waals surface area contributed by atoms with Gasteiger partial charge in [-0.1, -0.05) is 24.3 Å². The molecule has 2 aromatic heterocycles. The highest BCUT2D eigenvalue weighted by Crippen LogP contribution is 2.17. The summed E-state index contributed by atoms with van der Waals surface area (Å²) in [6.07, 6.45) is 7.98. The van der Waals surface area contributed by atoms with Gasteiger partial charge in [-0.05, 0) is 25.7 Å². The van der Waals surface area contributed by atoms with Crippen molar-refractivity contribution in [3.05, 3.63) is 80.5 Å². The lowest BCUT2D eigenvalue weighted by molar-refractivity contribution is -0.121. The number of hydrogen-bond acceptors (Lipinski definition) is 6. The number of aromatic nitrogens is 4. The van der Waals surface area contributed by atoms with Crippen molar-refractivity contribution < 1.29 is 9.59 Å². The minimum Gasteiger partial charge on any atom is -0.349 e. The summed E-state index contributed by atoms with van der Waals surface area (Å²) in [5.41, 5.74) is 2.55. The lowest BCUT2D eigenvalue weighted by Crippen LogP contribution is -2.38. The van der Waals surface area contributed by atoms with Crippen molar-refractivity contribution in [1.29, 1.82) is 0 Å². The number of fused-ring (bicyclic) bond motifs is 1. The van der Waals surface area contributed by atoms with E-state index in [4.69, 9.17) is 0 Å². The minimum absolute atomic E-state index is 0.0390. The second-order valence-corrected chi connectivity index (χ2v) is 7.66. The SMILES string of the molecule is O=C(CCn1c2c(c(=O)[nH]c1=O)CCCC2)NCC(=O)c1ccc(-c2cnccn2)cc1. The van der Waals surface area contributed by atoms with E-state index in [2.05, 4.69) is 20.3 Å². The highest BCUT2D eigenvalue weighted by molar-refractivity contribution is 5.99. The molecule has 0 atom stereocenters. The molecule has 2 heterocycles. The quantitative estimate of drug-likeness (QED) is 0.540. The van der Waals surface area contributed by atoms with Crippen LogP contribution in [0.1, 0.15) is 40.9 Å². The number of ketones is 1. The molecule has 0 bridgehead atoms. The molecular formula is C23H23N5O4. The standard InChI is InChI=1S/C23H23N5O4/c29-20(16-7-5-15(6-8-16)18-13-24-10-11-25-18)14-26-21(30)9-12-28-19-4-2-1-3-17(19)22(31)27-23(28)32/h5-8,10-11,13H,1-4,9,12,14H2,(H,26,30)(H,27,31,32). The van der Waals surface area contributed by atoms with E-state index in [1.165, 1.54) is 4.57 Å². The molecule has 164 valence electrons. The number of benzene rings is 1. The van der Waals surface area contributed by atoms with Crippen LogP contribution in [-0.2, 0) is 24.2 Å². The van der Waals surface area contributed by atoms with Gasteiger partial charge in [0.25, 0.3) is 5.56 Å². The summed E-state index contributed by atoms with van der Waals surface area (Å²) in [6.45, 7) is 0.0206. The van der Waals surface area contributed by atoms with Gasteiger partial charge in [-0.25, -0.2) is 4.79 Å². The smallest absolute Gasteiger partial charge is 0.328 e. The van der Waals surface area contributed by atoms with Gasteiger partial charge in [0.2, 0.25) is 5.91 Å². The van der Waals surface area contributed by atoms with E-state index in [0.29, 0.717) is 29.7 Å². The maximum absolute atomic E-state index is 12.4. The van der Waals surface area contributed by atoms with Gasteiger partial charge in [-0.2, -0.15) is 0 Å². The molecule has 1 aromatic carbocycles. The molecular weight excluding hydrogens is 410 g/mol. The number of H-pyrrole nitrogens is 1. The first-order chi connectivity index (χ1) is 15.5. The average Bonchev–Trinajstić information content (AvgIpc) is 2.83. The summed E-state index contributed by atoms with van der Waals surface area (Å²) in [4.78, 5) is 59.5. The van der Waals surface area contributed by atoms with Crippen LogP contribution in [0, 0.1) is 0 Å². The zero-order valence-electron chi connectivity index (χ0n) is 17.5. The maximum atomic E-state index is 12.4. The van der Waals surface area contributed by atoms with Gasteiger partial charge in [-0.15, -0.1) is 0 Å². The predicted molar refractivity (Wildman–Crippen MR) is 117 cm³/mol. The Hall–Kier alpha value is -3.88. The molecule has 0 aliphatic heterocycles. The van der Waals surface area contributed by atoms with Gasteiger partial charge in [0.1, 0.15) is 0 Å². The summed E-state index contributed by atoms with van der Waals surface area (Å²) in [6, 6.07) is 6.94. The molecule has 1 aliphatic rings. The van der Waals surface area contributed by atoms with Crippen LogP contribution in [0.5, 0.6) is 0 Å². The van der Waals surface area contributed by atoms with E-state index in [-0.39, 0.29) is 36.8 Å². The van der Waals surface area contributed by atoms with Crippen molar-refractivity contribution >= 4 is 11.7 Å². The summed E-state index contributed by atoms with van der Waals surface area (Å²) in [5.74, 6) is -0.556. The highest BCUT2D eigenvalue weighted by Gasteiger charge is 2.18. The first kappa shape index (κ1) is 21.4. The Morgan fingerprint density at radius 1 is 1.06 bits per heavy atom. The van der Waals surface area contributed by atoms with Crippen LogP contribution in [0.4, 0.5) is 0 Å². The van der Waals surface area contributed by atoms with Crippen LogP contribution < -0.4 is 16.6 Å². The molecule has 1 amide bonds. The monoisotopic (exact) mass is 433 g/mol. The normalized spacial score (nSPS) is 12.8. The van der Waals surface area contributed by atoms with E-state index in [1.54, 1.807) is 42.9 Å². The first-order valence-electron chi connectivity index (χ1n) is 10.5. The van der Waals surface area contributed by atoms with Crippen LogP contribution in [0.15, 0.2) is 52.4 Å². The Morgan fingerprint density at radius 2 is 1.84 bits per heavy atom. The fourth-order valence-corrected chi connectivity index (χ4v) is 3.89. The number of aromatic amines is 1. The second-order valence-electron chi connectivity index (χ2n) is 7.66. The van der Waals surface area contributed by atoms with Crippen LogP contribution in [-0.4, -0.2) is 37.8 Å². The molecule has 0 radical (unpaired) electrons. The molecule has 3 aromatic rings. The van der Waals surface area contributed by atoms with Crippen molar-refractivity contribution in [2.75, 3.05) is 6.54 Å². The largest absolute Gasteiger partial charge is 0.349 e. The third kappa shape index (κ3) is 4.72. The number of carbonyl (C=O) groups is 2. The number of Topliss-reactive ketones (excluding diaryl/α,β-unsaturated/α-hetero) is 1. The lowest BCUT2D eigenvalue weighted by atomic mass is 9.97. The Balaban J connectivity index is 1.33. The topological polar surface area (TPSA) is 127 Å². The second kappa shape index (κ2) is 9.51. The Kier molecular flexibility index (Phi) is 6.34. The van der Waals surface area contributed by atoms with Gasteiger partial charge in [0.15, 0.2) is 5.78 Å². The molecule has 0 saturated carbocycles. The predicted octanol–water partition coefficient (Wildman–Crippen LogP) is 1.26. The third-order valence-electron chi connectivity index (χ3n) is 5.58. The van der Waals surface area contributed by atoms with Crippen molar-refractivity contribution in [2.45, 2.75) is 38.6 Å². The van der Waals surface area contributed by atoms with Crippen LogP contribution in [0.3, 0.4) is 0 Å². The molecule has 0 fully saturated rings. The zero-order valence-corrected chi connectivity index (χ0v) is 17.5. The number of carbonyl (C=O) groups excluding carboxylic acids is 2. The number of nitrogens with zero attached hydrogens (tertiary/aromatic N) is 3. The van der Waals surface area contributed by atoms with Crippen molar-refractivity contribution in [3.8, 4) is 11.3 Å². The van der Waals surface area contributed by atoms with Crippen molar-refractivity contribution in [1.82, 2.24) is 24.8 Å². The molecule has 0 saturated heterocycles. The Labute approximate surface area is 183 Å². The van der Waals surface area contributed by atoms with Gasteiger partial charge < -0.3 is 5.32 Å². The molecule has 0 unspecified atom stereocenters. The molecule has 9 heteroatoms. The summed E-state index contributed by atoms with van der Waals surface area (Å²) >= 11 is 0. The molecule has 32 heavy (non-hydrogen) atoms. The third-order valence-corrected chi connectivity index (χ3v) is 5.58. The van der Waals surface area contributed by atoms with Crippen LogP contribution in [0.2, 0.25) is 0 Å². The molecule has 0 spiro atoms. The Bertz CT molecular complexity index is 1250. The summed E-state index contributed by atoms with van der Waals surface area (Å²) < 4.78 is 1.47. The van der Waals surface area contributed by atoms with Gasteiger partial charge in [0.05, 0.1) is 18.4 Å². The van der Waals surface area contributed by atoms with Crippen molar-refractivity contribution in [3.63, 3.8) is 0 Å². The average molecular weight is 433 g/mol. The summed E-state index contributed by atoms with van der Waals surface area (Å²) in [7, 11) is 0.